The van der Waals surface area contributed by atoms with Crippen LogP contribution in [-0.4, -0.2) is 28.8 Å². The van der Waals surface area contributed by atoms with E-state index in [1.165, 1.54) is 10.2 Å². The molecule has 0 unspecified atom stereocenters. The van der Waals surface area contributed by atoms with Gasteiger partial charge in [0.2, 0.25) is 5.91 Å². The summed E-state index contributed by atoms with van der Waals surface area (Å²) in [6.45, 7) is 4.09. The minimum absolute atomic E-state index is 0.00843. The zero-order valence-electron chi connectivity index (χ0n) is 18.1. The number of piperidine rings is 1. The monoisotopic (exact) mass is 494 g/mol. The second-order valence-corrected chi connectivity index (χ2v) is 8.99. The number of nitrogens with zero attached hydrogens (tertiary/aromatic N) is 3. The summed E-state index contributed by atoms with van der Waals surface area (Å²) in [4.78, 5) is 27.2. The van der Waals surface area contributed by atoms with Crippen LogP contribution in [0.3, 0.4) is 0 Å². The fourth-order valence-corrected chi connectivity index (χ4v) is 4.43. The predicted molar refractivity (Wildman–Crippen MR) is 130 cm³/mol. The highest BCUT2D eigenvalue weighted by Gasteiger charge is 2.25. The fraction of sp³-hybridized carbons (Fsp3) is 0.320. The van der Waals surface area contributed by atoms with Gasteiger partial charge in [-0.15, -0.1) is 5.10 Å². The molecule has 166 valence electrons. The van der Waals surface area contributed by atoms with Crippen molar-refractivity contribution >= 4 is 27.7 Å². The van der Waals surface area contributed by atoms with Crippen molar-refractivity contribution in [1.29, 1.82) is 0 Å². The molecule has 1 aliphatic rings. The van der Waals surface area contributed by atoms with Crippen LogP contribution in [0.15, 0.2) is 69.9 Å². The van der Waals surface area contributed by atoms with Gasteiger partial charge in [0.25, 0.3) is 5.56 Å². The Kier molecular flexibility index (Phi) is 7.05. The van der Waals surface area contributed by atoms with Crippen molar-refractivity contribution in [1.82, 2.24) is 15.1 Å². The summed E-state index contributed by atoms with van der Waals surface area (Å²) in [6, 6.07) is 19.2. The number of hydrogen-bond acceptors (Lipinski definition) is 4. The quantitative estimate of drug-likeness (QED) is 0.560. The highest BCUT2D eigenvalue weighted by molar-refractivity contribution is 9.10. The molecule has 32 heavy (non-hydrogen) atoms. The number of carbonyl (C=O) groups is 1. The van der Waals surface area contributed by atoms with Crippen LogP contribution >= 0.6 is 15.9 Å². The third kappa shape index (κ3) is 5.27. The molecule has 7 heteroatoms. The number of aromatic nitrogens is 2. The van der Waals surface area contributed by atoms with E-state index in [2.05, 4.69) is 38.2 Å². The minimum atomic E-state index is -0.153. The maximum Gasteiger partial charge on any atom is 0.271 e. The van der Waals surface area contributed by atoms with Crippen molar-refractivity contribution in [3.8, 4) is 5.69 Å². The van der Waals surface area contributed by atoms with Gasteiger partial charge < -0.3 is 10.2 Å². The number of anilines is 1. The first kappa shape index (κ1) is 22.3. The number of amides is 1. The van der Waals surface area contributed by atoms with Gasteiger partial charge in [0.15, 0.2) is 0 Å². The molecule has 0 saturated carbocycles. The number of nitrogens with one attached hydrogen (secondary N) is 1. The van der Waals surface area contributed by atoms with Crippen LogP contribution in [0.1, 0.15) is 30.9 Å². The molecule has 0 atom stereocenters. The van der Waals surface area contributed by atoms with Crippen molar-refractivity contribution in [2.24, 2.45) is 5.92 Å². The second kappa shape index (κ2) is 10.1. The number of benzene rings is 2. The molecule has 1 saturated heterocycles. The molecule has 3 aromatic rings. The normalized spacial score (nSPS) is 14.4. The summed E-state index contributed by atoms with van der Waals surface area (Å²) in [5, 5.41) is 7.66. The Morgan fingerprint density at radius 2 is 1.81 bits per heavy atom. The predicted octanol–water partition coefficient (Wildman–Crippen LogP) is 4.09. The molecule has 1 amide bonds. The topological polar surface area (TPSA) is 67.2 Å². The molecule has 1 aromatic heterocycles. The van der Waals surface area contributed by atoms with E-state index in [9.17, 15) is 9.59 Å². The van der Waals surface area contributed by atoms with Gasteiger partial charge in [-0.2, -0.15) is 4.68 Å². The third-order valence-electron chi connectivity index (χ3n) is 5.92. The zero-order valence-corrected chi connectivity index (χ0v) is 19.7. The molecule has 2 aromatic carbocycles. The van der Waals surface area contributed by atoms with Gasteiger partial charge in [0.05, 0.1) is 5.69 Å². The lowest BCUT2D eigenvalue weighted by atomic mass is 9.96. The Bertz CT molecular complexity index is 1140. The SMILES string of the molecule is CCc1ccc(-n2nc(N3CCC(C(=O)NCc4cccc(Br)c4)CC3)ccc2=O)cc1. The first-order valence-corrected chi connectivity index (χ1v) is 11.8. The number of carbonyl (C=O) groups excluding carboxylic acids is 1. The van der Waals surface area contributed by atoms with Crippen LogP contribution in [0.2, 0.25) is 0 Å². The second-order valence-electron chi connectivity index (χ2n) is 8.07. The van der Waals surface area contributed by atoms with Crippen LogP contribution in [0.4, 0.5) is 5.82 Å². The lowest BCUT2D eigenvalue weighted by Crippen LogP contribution is -2.41. The molecule has 2 heterocycles. The van der Waals surface area contributed by atoms with E-state index in [0.717, 1.165) is 53.9 Å². The van der Waals surface area contributed by atoms with E-state index < -0.39 is 0 Å². The molecular weight excluding hydrogens is 468 g/mol. The van der Waals surface area contributed by atoms with E-state index in [1.54, 1.807) is 12.1 Å². The standard InChI is InChI=1S/C25H27BrN4O2/c1-2-18-6-8-22(9-7-18)30-24(31)11-10-23(28-30)29-14-12-20(13-15-29)25(32)27-17-19-4-3-5-21(26)16-19/h3-11,16,20H,2,12-15,17H2,1H3,(H,27,32). The van der Waals surface area contributed by atoms with Gasteiger partial charge in [-0.3, -0.25) is 9.59 Å². The maximum atomic E-state index is 12.6. The number of halogens is 1. The average Bonchev–Trinajstić information content (AvgIpc) is 2.83. The summed E-state index contributed by atoms with van der Waals surface area (Å²) in [7, 11) is 0. The van der Waals surface area contributed by atoms with Crippen LogP contribution in [0.5, 0.6) is 0 Å². The van der Waals surface area contributed by atoms with Crippen LogP contribution < -0.4 is 15.8 Å². The molecule has 4 rings (SSSR count). The Hall–Kier alpha value is -2.93. The Balaban J connectivity index is 1.37. The lowest BCUT2D eigenvalue weighted by molar-refractivity contribution is -0.125. The first-order valence-electron chi connectivity index (χ1n) is 11.0. The molecular formula is C25H27BrN4O2. The van der Waals surface area contributed by atoms with Crippen molar-refractivity contribution in [3.63, 3.8) is 0 Å². The molecule has 0 spiro atoms. The Morgan fingerprint density at radius 1 is 1.06 bits per heavy atom. The molecule has 1 aliphatic heterocycles. The summed E-state index contributed by atoms with van der Waals surface area (Å²) >= 11 is 3.46. The molecule has 0 aliphatic carbocycles. The van der Waals surface area contributed by atoms with E-state index >= 15 is 0 Å². The number of rotatable bonds is 6. The van der Waals surface area contributed by atoms with Gasteiger partial charge in [-0.25, -0.2) is 0 Å². The van der Waals surface area contributed by atoms with Crippen molar-refractivity contribution in [3.05, 3.63) is 86.6 Å². The number of aryl methyl sites for hydroxylation is 1. The van der Waals surface area contributed by atoms with Gasteiger partial charge in [0, 0.05) is 36.1 Å². The lowest BCUT2D eigenvalue weighted by Gasteiger charge is -2.32. The van der Waals surface area contributed by atoms with Crippen molar-refractivity contribution in [2.45, 2.75) is 32.7 Å². The van der Waals surface area contributed by atoms with E-state index in [-0.39, 0.29) is 17.4 Å². The Labute approximate surface area is 196 Å². The maximum absolute atomic E-state index is 12.6. The molecule has 6 nitrogen and oxygen atoms in total. The zero-order chi connectivity index (χ0) is 22.5. The minimum Gasteiger partial charge on any atom is -0.355 e. The van der Waals surface area contributed by atoms with E-state index in [0.29, 0.717) is 6.54 Å². The molecule has 0 bridgehead atoms. The smallest absolute Gasteiger partial charge is 0.271 e. The summed E-state index contributed by atoms with van der Waals surface area (Å²) in [5.74, 6) is 0.849. The highest BCUT2D eigenvalue weighted by atomic mass is 79.9. The Morgan fingerprint density at radius 3 is 2.50 bits per heavy atom. The van der Waals surface area contributed by atoms with Gasteiger partial charge in [-0.05, 0) is 60.7 Å². The van der Waals surface area contributed by atoms with Crippen molar-refractivity contribution < 1.29 is 4.79 Å². The molecule has 1 fully saturated rings. The van der Waals surface area contributed by atoms with E-state index in [1.807, 2.05) is 48.5 Å². The van der Waals surface area contributed by atoms with Crippen molar-refractivity contribution in [2.75, 3.05) is 18.0 Å². The first-order chi connectivity index (χ1) is 15.5. The van der Waals surface area contributed by atoms with Crippen LogP contribution in [-0.2, 0) is 17.8 Å². The van der Waals surface area contributed by atoms with Crippen LogP contribution in [0.25, 0.3) is 5.69 Å². The summed E-state index contributed by atoms with van der Waals surface area (Å²) in [6.07, 6.45) is 2.47. The van der Waals surface area contributed by atoms with Gasteiger partial charge >= 0.3 is 0 Å². The highest BCUT2D eigenvalue weighted by Crippen LogP contribution is 2.22. The van der Waals surface area contributed by atoms with Gasteiger partial charge in [0.1, 0.15) is 5.82 Å². The fourth-order valence-electron chi connectivity index (χ4n) is 3.98. The van der Waals surface area contributed by atoms with Gasteiger partial charge in [-0.1, -0.05) is 47.1 Å². The largest absolute Gasteiger partial charge is 0.355 e. The average molecular weight is 495 g/mol. The van der Waals surface area contributed by atoms with Crippen LogP contribution in [0, 0.1) is 5.92 Å². The third-order valence-corrected chi connectivity index (χ3v) is 6.41. The summed E-state index contributed by atoms with van der Waals surface area (Å²) < 4.78 is 2.46. The molecule has 0 radical (unpaired) electrons. The van der Waals surface area contributed by atoms with E-state index in [4.69, 9.17) is 0 Å². The summed E-state index contributed by atoms with van der Waals surface area (Å²) in [5.41, 5.74) is 2.90. The number of hydrogen-bond donors (Lipinski definition) is 1. The molecule has 1 N–H and O–H groups in total.